The van der Waals surface area contributed by atoms with Gasteiger partial charge in [0.05, 0.1) is 0 Å². The molecule has 1 aliphatic rings. The molecule has 5 nitrogen and oxygen atoms in total. The van der Waals surface area contributed by atoms with E-state index >= 15 is 0 Å². The van der Waals surface area contributed by atoms with Crippen molar-refractivity contribution in [3.05, 3.63) is 0 Å². The van der Waals surface area contributed by atoms with Gasteiger partial charge >= 0.3 is 5.97 Å². The molecule has 0 aromatic carbocycles. The Bertz CT molecular complexity index is 239. The molecule has 0 atom stereocenters. The Hall–Kier alpha value is -1.10. The monoisotopic (exact) mass is 228 g/mol. The Kier molecular flexibility index (Phi) is 5.85. The summed E-state index contributed by atoms with van der Waals surface area (Å²) in [6.07, 6.45) is 3.25. The van der Waals surface area contributed by atoms with E-state index in [0.29, 0.717) is 25.3 Å². The molecule has 1 rings (SSSR count). The topological polar surface area (TPSA) is 78.4 Å². The van der Waals surface area contributed by atoms with Gasteiger partial charge in [-0.2, -0.15) is 0 Å². The summed E-state index contributed by atoms with van der Waals surface area (Å²) < 4.78 is 0. The molecule has 1 heterocycles. The van der Waals surface area contributed by atoms with Crippen molar-refractivity contribution < 1.29 is 14.7 Å². The third-order valence-corrected chi connectivity index (χ3v) is 2.73. The molecule has 1 fully saturated rings. The molecule has 0 unspecified atom stereocenters. The quantitative estimate of drug-likeness (QED) is 0.524. The van der Waals surface area contributed by atoms with Crippen molar-refractivity contribution in [2.24, 2.45) is 5.92 Å². The van der Waals surface area contributed by atoms with E-state index < -0.39 is 5.97 Å². The first-order chi connectivity index (χ1) is 7.68. The van der Waals surface area contributed by atoms with Crippen LogP contribution in [0, 0.1) is 5.92 Å². The number of hydrogen-bond donors (Lipinski definition) is 3. The van der Waals surface area contributed by atoms with E-state index in [-0.39, 0.29) is 12.3 Å². The van der Waals surface area contributed by atoms with E-state index in [1.54, 1.807) is 0 Å². The fourth-order valence-corrected chi connectivity index (χ4v) is 1.63. The lowest BCUT2D eigenvalue weighted by Crippen LogP contribution is -2.44. The molecule has 16 heavy (non-hydrogen) atoms. The fraction of sp³-hybridized carbons (Fsp3) is 0.818. The van der Waals surface area contributed by atoms with Crippen molar-refractivity contribution in [2.75, 3.05) is 19.6 Å². The van der Waals surface area contributed by atoms with Gasteiger partial charge in [-0.1, -0.05) is 6.42 Å². The number of carbonyl (C=O) groups excluding carboxylic acids is 1. The Morgan fingerprint density at radius 3 is 2.56 bits per heavy atom. The predicted molar refractivity (Wildman–Crippen MR) is 60.1 cm³/mol. The van der Waals surface area contributed by atoms with Gasteiger partial charge in [-0.25, -0.2) is 0 Å². The van der Waals surface area contributed by atoms with Crippen molar-refractivity contribution in [2.45, 2.75) is 32.1 Å². The highest BCUT2D eigenvalue weighted by Crippen LogP contribution is 2.07. The number of nitrogens with one attached hydrogen (secondary N) is 2. The van der Waals surface area contributed by atoms with Crippen LogP contribution in [-0.4, -0.2) is 36.6 Å². The molecule has 0 aromatic heterocycles. The number of carboxylic acid groups (broad SMARTS) is 1. The number of amides is 1. The van der Waals surface area contributed by atoms with Crippen LogP contribution in [0.5, 0.6) is 0 Å². The first kappa shape index (κ1) is 13.0. The first-order valence-electron chi connectivity index (χ1n) is 5.87. The van der Waals surface area contributed by atoms with Crippen molar-refractivity contribution in [1.29, 1.82) is 0 Å². The Labute approximate surface area is 95.6 Å². The summed E-state index contributed by atoms with van der Waals surface area (Å²) in [5.41, 5.74) is 0. The second-order valence-corrected chi connectivity index (χ2v) is 4.28. The molecule has 1 aliphatic heterocycles. The van der Waals surface area contributed by atoms with Crippen molar-refractivity contribution in [3.8, 4) is 0 Å². The van der Waals surface area contributed by atoms with Crippen molar-refractivity contribution in [1.82, 2.24) is 10.6 Å². The first-order valence-corrected chi connectivity index (χ1v) is 5.87. The highest BCUT2D eigenvalue weighted by molar-refractivity contribution is 5.76. The van der Waals surface area contributed by atoms with Crippen molar-refractivity contribution in [3.63, 3.8) is 0 Å². The zero-order valence-corrected chi connectivity index (χ0v) is 9.50. The Morgan fingerprint density at radius 1 is 1.25 bits per heavy atom. The van der Waals surface area contributed by atoms with Crippen LogP contribution in [0.1, 0.15) is 32.1 Å². The van der Waals surface area contributed by atoms with Crippen LogP contribution >= 0.6 is 0 Å². The van der Waals surface area contributed by atoms with Crippen LogP contribution in [0.4, 0.5) is 0 Å². The van der Waals surface area contributed by atoms with Gasteiger partial charge in [0.2, 0.25) is 5.91 Å². The maximum absolute atomic E-state index is 11.4. The predicted octanol–water partition coefficient (Wildman–Crippen LogP) is 0.357. The smallest absolute Gasteiger partial charge is 0.303 e. The lowest BCUT2D eigenvalue weighted by atomic mass is 9.99. The van der Waals surface area contributed by atoms with E-state index in [1.165, 1.54) is 0 Å². The van der Waals surface area contributed by atoms with Gasteiger partial charge in [0, 0.05) is 19.4 Å². The fourth-order valence-electron chi connectivity index (χ4n) is 1.63. The minimum Gasteiger partial charge on any atom is -0.481 e. The summed E-state index contributed by atoms with van der Waals surface area (Å²) in [6, 6.07) is 0. The van der Waals surface area contributed by atoms with Crippen LogP contribution in [-0.2, 0) is 9.59 Å². The largest absolute Gasteiger partial charge is 0.481 e. The Morgan fingerprint density at radius 2 is 2.00 bits per heavy atom. The summed E-state index contributed by atoms with van der Waals surface area (Å²) in [6.45, 7) is 2.57. The average Bonchev–Trinajstić information content (AvgIpc) is 2.17. The highest BCUT2D eigenvalue weighted by Gasteiger charge is 2.19. The van der Waals surface area contributed by atoms with Crippen LogP contribution in [0.25, 0.3) is 0 Å². The van der Waals surface area contributed by atoms with Crippen molar-refractivity contribution >= 4 is 11.9 Å². The molecule has 5 heteroatoms. The normalized spacial score (nSPS) is 15.5. The average molecular weight is 228 g/mol. The lowest BCUT2D eigenvalue weighted by Gasteiger charge is -2.26. The van der Waals surface area contributed by atoms with Crippen LogP contribution in [0.3, 0.4) is 0 Å². The number of carbonyl (C=O) groups is 2. The zero-order valence-electron chi connectivity index (χ0n) is 9.50. The summed E-state index contributed by atoms with van der Waals surface area (Å²) in [5.74, 6) is -0.127. The molecule has 0 saturated carbocycles. The van der Waals surface area contributed by atoms with E-state index in [1.807, 2.05) is 0 Å². The second kappa shape index (κ2) is 7.22. The molecule has 1 amide bonds. The maximum Gasteiger partial charge on any atom is 0.303 e. The van der Waals surface area contributed by atoms with Gasteiger partial charge in [-0.05, 0) is 31.8 Å². The van der Waals surface area contributed by atoms with Crippen LogP contribution in [0.2, 0.25) is 0 Å². The van der Waals surface area contributed by atoms with E-state index in [9.17, 15) is 9.59 Å². The number of unbranched alkanes of at least 4 members (excludes halogenated alkanes) is 2. The molecule has 92 valence electrons. The standard InChI is InChI=1S/C11H20N2O3/c14-10(6-9-7-12-8-9)13-5-3-1-2-4-11(15)16/h9,12H,1-8H2,(H,13,14)(H,15,16). The van der Waals surface area contributed by atoms with Gasteiger partial charge in [-0.3, -0.25) is 9.59 Å². The molecule has 0 radical (unpaired) electrons. The summed E-state index contributed by atoms with van der Waals surface area (Å²) >= 11 is 0. The van der Waals surface area contributed by atoms with Crippen LogP contribution in [0.15, 0.2) is 0 Å². The van der Waals surface area contributed by atoms with E-state index in [0.717, 1.165) is 25.9 Å². The van der Waals surface area contributed by atoms with Gasteiger partial charge in [-0.15, -0.1) is 0 Å². The van der Waals surface area contributed by atoms with Gasteiger partial charge in [0.1, 0.15) is 0 Å². The van der Waals surface area contributed by atoms with Gasteiger partial charge in [0.15, 0.2) is 0 Å². The summed E-state index contributed by atoms with van der Waals surface area (Å²) in [5, 5.41) is 14.4. The van der Waals surface area contributed by atoms with Gasteiger partial charge < -0.3 is 15.7 Å². The number of hydrogen-bond acceptors (Lipinski definition) is 3. The molecule has 3 N–H and O–H groups in total. The number of carboxylic acids is 1. The molecular formula is C11H20N2O3. The minimum atomic E-state index is -0.749. The highest BCUT2D eigenvalue weighted by atomic mass is 16.4. The number of rotatable bonds is 8. The summed E-state index contributed by atoms with van der Waals surface area (Å²) in [7, 11) is 0. The third-order valence-electron chi connectivity index (χ3n) is 2.73. The Balaban J connectivity index is 1.86. The minimum absolute atomic E-state index is 0.115. The molecule has 0 bridgehead atoms. The van der Waals surface area contributed by atoms with E-state index in [2.05, 4.69) is 10.6 Å². The summed E-state index contributed by atoms with van der Waals surface area (Å²) in [4.78, 5) is 21.6. The zero-order chi connectivity index (χ0) is 11.8. The maximum atomic E-state index is 11.4. The SMILES string of the molecule is O=C(O)CCCCCNC(=O)CC1CNC1. The molecule has 1 saturated heterocycles. The third kappa shape index (κ3) is 5.70. The lowest BCUT2D eigenvalue weighted by molar-refractivity contribution is -0.137. The molecule has 0 spiro atoms. The van der Waals surface area contributed by atoms with Crippen LogP contribution < -0.4 is 10.6 Å². The molecule has 0 aliphatic carbocycles. The van der Waals surface area contributed by atoms with Gasteiger partial charge in [0.25, 0.3) is 0 Å². The molecular weight excluding hydrogens is 208 g/mol. The molecule has 0 aromatic rings. The van der Waals surface area contributed by atoms with E-state index in [4.69, 9.17) is 5.11 Å². The number of aliphatic carboxylic acids is 1. The second-order valence-electron chi connectivity index (χ2n) is 4.28.